The average molecular weight is 317 g/mol. The van der Waals surface area contributed by atoms with Crippen LogP contribution in [0.1, 0.15) is 16.9 Å². The van der Waals surface area contributed by atoms with Crippen molar-refractivity contribution in [3.63, 3.8) is 0 Å². The standard InChI is InChI=1S/C15H16FN5S/c16-12-5-13(21(9-12)15-2-1-3-19-20-15)7-18-8-14-4-11(6-17)10-22-14/h1-4,10,12-13,18H,5,7-9H2/t12-,13-/m0/s1. The van der Waals surface area contributed by atoms with Gasteiger partial charge in [-0.1, -0.05) is 0 Å². The summed E-state index contributed by atoms with van der Waals surface area (Å²) in [5.41, 5.74) is 0.688. The van der Waals surface area contributed by atoms with Crippen molar-refractivity contribution in [2.45, 2.75) is 25.2 Å². The van der Waals surface area contributed by atoms with Crippen molar-refractivity contribution in [3.05, 3.63) is 40.2 Å². The highest BCUT2D eigenvalue weighted by atomic mass is 32.1. The van der Waals surface area contributed by atoms with Gasteiger partial charge in [-0.3, -0.25) is 0 Å². The number of halogens is 1. The van der Waals surface area contributed by atoms with Crippen LogP contribution in [-0.2, 0) is 6.54 Å². The number of nitrogens with one attached hydrogen (secondary N) is 1. The van der Waals surface area contributed by atoms with Gasteiger partial charge >= 0.3 is 0 Å². The summed E-state index contributed by atoms with van der Waals surface area (Å²) in [6.07, 6.45) is 1.28. The normalized spacial score (nSPS) is 21.0. The topological polar surface area (TPSA) is 64.8 Å². The molecule has 0 aromatic carbocycles. The number of aromatic nitrogens is 2. The van der Waals surface area contributed by atoms with E-state index in [-0.39, 0.29) is 6.04 Å². The summed E-state index contributed by atoms with van der Waals surface area (Å²) in [7, 11) is 0. The highest BCUT2D eigenvalue weighted by Gasteiger charge is 2.32. The van der Waals surface area contributed by atoms with E-state index in [1.54, 1.807) is 17.5 Å². The van der Waals surface area contributed by atoms with Crippen molar-refractivity contribution >= 4 is 17.2 Å². The lowest BCUT2D eigenvalue weighted by atomic mass is 10.2. The predicted octanol–water partition coefficient (Wildman–Crippen LogP) is 2.12. The van der Waals surface area contributed by atoms with Gasteiger partial charge in [0.15, 0.2) is 5.82 Å². The Labute approximate surface area is 132 Å². The van der Waals surface area contributed by atoms with Crippen LogP contribution in [0.4, 0.5) is 10.2 Å². The Kier molecular flexibility index (Phi) is 4.61. The quantitative estimate of drug-likeness (QED) is 0.915. The summed E-state index contributed by atoms with van der Waals surface area (Å²) in [6, 6.07) is 7.74. The number of hydrogen-bond donors (Lipinski definition) is 1. The smallest absolute Gasteiger partial charge is 0.151 e. The predicted molar refractivity (Wildman–Crippen MR) is 83.4 cm³/mol. The zero-order chi connectivity index (χ0) is 15.4. The van der Waals surface area contributed by atoms with Crippen LogP contribution in [0.3, 0.4) is 0 Å². The van der Waals surface area contributed by atoms with Gasteiger partial charge in [-0.05, 0) is 18.2 Å². The highest BCUT2D eigenvalue weighted by molar-refractivity contribution is 7.10. The van der Waals surface area contributed by atoms with Crippen LogP contribution in [0.2, 0.25) is 0 Å². The molecule has 0 saturated carbocycles. The van der Waals surface area contributed by atoms with Crippen molar-refractivity contribution in [3.8, 4) is 6.07 Å². The van der Waals surface area contributed by atoms with Gasteiger partial charge in [-0.15, -0.1) is 16.4 Å². The number of alkyl halides is 1. The molecule has 1 N–H and O–H groups in total. The maximum atomic E-state index is 13.8. The Balaban J connectivity index is 1.57. The molecule has 1 fully saturated rings. The zero-order valence-corrected chi connectivity index (χ0v) is 12.8. The van der Waals surface area contributed by atoms with E-state index in [1.165, 1.54) is 0 Å². The van der Waals surface area contributed by atoms with E-state index in [9.17, 15) is 4.39 Å². The minimum Gasteiger partial charge on any atom is -0.348 e. The molecule has 0 amide bonds. The third-order valence-electron chi connectivity index (χ3n) is 3.68. The Morgan fingerprint density at radius 1 is 1.55 bits per heavy atom. The second kappa shape index (κ2) is 6.81. The molecule has 0 aliphatic carbocycles. The lowest BCUT2D eigenvalue weighted by molar-refractivity contribution is 0.354. The SMILES string of the molecule is N#Cc1csc(CNC[C@@H]2C[C@H](F)CN2c2cccnn2)c1. The summed E-state index contributed by atoms with van der Waals surface area (Å²) >= 11 is 1.56. The lowest BCUT2D eigenvalue weighted by Crippen LogP contribution is -2.38. The fraction of sp³-hybridized carbons (Fsp3) is 0.400. The van der Waals surface area contributed by atoms with E-state index < -0.39 is 6.17 Å². The summed E-state index contributed by atoms with van der Waals surface area (Å²) in [6.45, 7) is 1.73. The van der Waals surface area contributed by atoms with Crippen LogP contribution in [0.25, 0.3) is 0 Å². The van der Waals surface area contributed by atoms with Crippen molar-refractivity contribution < 1.29 is 4.39 Å². The summed E-state index contributed by atoms with van der Waals surface area (Å²) < 4.78 is 13.8. The Morgan fingerprint density at radius 2 is 2.45 bits per heavy atom. The zero-order valence-electron chi connectivity index (χ0n) is 11.9. The van der Waals surface area contributed by atoms with Gasteiger partial charge in [0.05, 0.1) is 12.1 Å². The van der Waals surface area contributed by atoms with E-state index in [1.807, 2.05) is 28.5 Å². The molecule has 2 atom stereocenters. The molecule has 1 saturated heterocycles. The molecule has 2 aromatic rings. The molecule has 3 rings (SSSR count). The molecule has 1 aliphatic heterocycles. The van der Waals surface area contributed by atoms with Crippen LogP contribution >= 0.6 is 11.3 Å². The van der Waals surface area contributed by atoms with E-state index >= 15 is 0 Å². The van der Waals surface area contributed by atoms with Crippen LogP contribution in [0.5, 0.6) is 0 Å². The number of nitrogens with zero attached hydrogens (tertiary/aromatic N) is 4. The Hall–Kier alpha value is -2.04. The molecule has 0 unspecified atom stereocenters. The number of rotatable bonds is 5. The number of hydrogen-bond acceptors (Lipinski definition) is 6. The van der Waals surface area contributed by atoms with Crippen molar-refractivity contribution in [2.24, 2.45) is 0 Å². The number of anilines is 1. The molecule has 3 heterocycles. The molecule has 0 spiro atoms. The average Bonchev–Trinajstić information content (AvgIpc) is 3.15. The summed E-state index contributed by atoms with van der Waals surface area (Å²) in [4.78, 5) is 3.08. The molecule has 5 nitrogen and oxygen atoms in total. The lowest BCUT2D eigenvalue weighted by Gasteiger charge is -2.24. The molecular formula is C15H16FN5S. The first kappa shape index (κ1) is 14.9. The van der Waals surface area contributed by atoms with Gasteiger partial charge in [0.1, 0.15) is 12.2 Å². The van der Waals surface area contributed by atoms with E-state index in [2.05, 4.69) is 21.6 Å². The first-order valence-corrected chi connectivity index (χ1v) is 8.01. The first-order chi connectivity index (χ1) is 10.8. The monoisotopic (exact) mass is 317 g/mol. The van der Waals surface area contributed by atoms with Gasteiger partial charge < -0.3 is 10.2 Å². The molecule has 2 aromatic heterocycles. The van der Waals surface area contributed by atoms with Gasteiger partial charge in [0.2, 0.25) is 0 Å². The fourth-order valence-corrected chi connectivity index (χ4v) is 3.45. The number of nitriles is 1. The first-order valence-electron chi connectivity index (χ1n) is 7.13. The van der Waals surface area contributed by atoms with Crippen molar-refractivity contribution in [1.29, 1.82) is 5.26 Å². The summed E-state index contributed by atoms with van der Waals surface area (Å²) in [5, 5.41) is 21.9. The second-order valence-electron chi connectivity index (χ2n) is 5.27. The minimum atomic E-state index is -0.833. The molecule has 0 bridgehead atoms. The highest BCUT2D eigenvalue weighted by Crippen LogP contribution is 2.25. The number of thiophene rings is 1. The Morgan fingerprint density at radius 3 is 3.18 bits per heavy atom. The van der Waals surface area contributed by atoms with E-state index in [0.29, 0.717) is 31.6 Å². The van der Waals surface area contributed by atoms with Gasteiger partial charge in [0, 0.05) is 42.0 Å². The molecule has 7 heteroatoms. The minimum absolute atomic E-state index is 0.0714. The third kappa shape index (κ3) is 3.40. The van der Waals surface area contributed by atoms with Gasteiger partial charge in [-0.2, -0.15) is 10.4 Å². The maximum Gasteiger partial charge on any atom is 0.151 e. The fourth-order valence-electron chi connectivity index (χ4n) is 2.67. The molecule has 114 valence electrons. The molecular weight excluding hydrogens is 301 g/mol. The molecule has 0 radical (unpaired) electrons. The molecule has 1 aliphatic rings. The maximum absolute atomic E-state index is 13.8. The van der Waals surface area contributed by atoms with Gasteiger partial charge in [0.25, 0.3) is 0 Å². The van der Waals surface area contributed by atoms with Crippen molar-refractivity contribution in [1.82, 2.24) is 15.5 Å². The third-order valence-corrected chi connectivity index (χ3v) is 4.61. The summed E-state index contributed by atoms with van der Waals surface area (Å²) in [5.74, 6) is 0.720. The molecule has 22 heavy (non-hydrogen) atoms. The van der Waals surface area contributed by atoms with Gasteiger partial charge in [-0.25, -0.2) is 4.39 Å². The van der Waals surface area contributed by atoms with Crippen LogP contribution in [-0.4, -0.2) is 35.5 Å². The second-order valence-corrected chi connectivity index (χ2v) is 6.26. The van der Waals surface area contributed by atoms with E-state index in [4.69, 9.17) is 5.26 Å². The van der Waals surface area contributed by atoms with E-state index in [0.717, 1.165) is 10.7 Å². The van der Waals surface area contributed by atoms with Crippen LogP contribution in [0.15, 0.2) is 29.8 Å². The largest absolute Gasteiger partial charge is 0.348 e. The van der Waals surface area contributed by atoms with Crippen LogP contribution in [0, 0.1) is 11.3 Å². The Bertz CT molecular complexity index is 653. The van der Waals surface area contributed by atoms with Crippen LogP contribution < -0.4 is 10.2 Å². The van der Waals surface area contributed by atoms with Crippen molar-refractivity contribution in [2.75, 3.05) is 18.0 Å².